The number of aryl methyl sites for hydroxylation is 2. The summed E-state index contributed by atoms with van der Waals surface area (Å²) in [5.41, 5.74) is 2.45. The first-order valence-electron chi connectivity index (χ1n) is 8.79. The van der Waals surface area contributed by atoms with Crippen LogP contribution in [0.2, 0.25) is 0 Å². The maximum Gasteiger partial charge on any atom is 0.234 e. The third kappa shape index (κ3) is 7.07. The lowest BCUT2D eigenvalue weighted by Gasteiger charge is -2.30. The van der Waals surface area contributed by atoms with E-state index in [1.807, 2.05) is 32.0 Å². The molecule has 8 heteroatoms. The fraction of sp³-hybridized carbons (Fsp3) is 0.421. The molecule has 4 N–H and O–H groups in total. The molecule has 1 heterocycles. The molecule has 1 aromatic carbocycles. The molecule has 1 aromatic rings. The minimum absolute atomic E-state index is 0.136. The minimum Gasteiger partial charge on any atom is -0.353 e. The van der Waals surface area contributed by atoms with E-state index < -0.39 is 5.50 Å². The third-order valence-electron chi connectivity index (χ3n) is 4.03. The lowest BCUT2D eigenvalue weighted by atomic mass is 10.1. The van der Waals surface area contributed by atoms with Gasteiger partial charge in [-0.3, -0.25) is 19.7 Å². The van der Waals surface area contributed by atoms with Gasteiger partial charge in [0.05, 0.1) is 5.75 Å². The molecule has 146 valence electrons. The summed E-state index contributed by atoms with van der Waals surface area (Å²) in [5.74, 6) is -0.238. The van der Waals surface area contributed by atoms with Crippen LogP contribution in [0.3, 0.4) is 0 Å². The van der Waals surface area contributed by atoms with Crippen molar-refractivity contribution in [2.75, 3.05) is 17.6 Å². The van der Waals surface area contributed by atoms with Crippen molar-refractivity contribution in [3.8, 4) is 0 Å². The maximum absolute atomic E-state index is 12.2. The quantitative estimate of drug-likeness (QED) is 0.503. The summed E-state index contributed by atoms with van der Waals surface area (Å²) in [6.45, 7) is 7.85. The van der Waals surface area contributed by atoms with Gasteiger partial charge in [-0.05, 0) is 31.0 Å². The normalized spacial score (nSPS) is 19.1. The van der Waals surface area contributed by atoms with Crippen LogP contribution in [0.1, 0.15) is 24.0 Å². The lowest BCUT2D eigenvalue weighted by Crippen LogP contribution is -2.56. The van der Waals surface area contributed by atoms with Crippen LogP contribution in [-0.4, -0.2) is 41.6 Å². The average Bonchev–Trinajstić information content (AvgIpc) is 2.61. The molecule has 1 saturated heterocycles. The average molecular weight is 391 g/mol. The van der Waals surface area contributed by atoms with Crippen LogP contribution in [0.5, 0.6) is 0 Å². The number of benzene rings is 1. The molecule has 3 amide bonds. The Balaban J connectivity index is 1.82. The minimum atomic E-state index is -0.409. The van der Waals surface area contributed by atoms with Crippen molar-refractivity contribution in [3.05, 3.63) is 42.0 Å². The Labute approximate surface area is 163 Å². The van der Waals surface area contributed by atoms with Gasteiger partial charge in [-0.25, -0.2) is 0 Å². The smallest absolute Gasteiger partial charge is 0.234 e. The van der Waals surface area contributed by atoms with Crippen molar-refractivity contribution in [1.29, 1.82) is 0 Å². The summed E-state index contributed by atoms with van der Waals surface area (Å²) in [6.07, 6.45) is 2.03. The molecule has 2 rings (SSSR count). The Kier molecular flexibility index (Phi) is 7.87. The summed E-state index contributed by atoms with van der Waals surface area (Å²) >= 11 is 1.28. The van der Waals surface area contributed by atoms with Crippen molar-refractivity contribution in [2.24, 2.45) is 0 Å². The Morgan fingerprint density at radius 3 is 2.85 bits per heavy atom. The number of anilines is 1. The van der Waals surface area contributed by atoms with Crippen LogP contribution in [0, 0.1) is 13.8 Å². The SMILES string of the molecule is C=CCNC(=O)CC1CC(=O)NC(SCC(=O)Nc2cc(C)ccc2C)N1. The third-order valence-corrected chi connectivity index (χ3v) is 5.05. The molecule has 2 atom stereocenters. The Morgan fingerprint density at radius 1 is 1.33 bits per heavy atom. The lowest BCUT2D eigenvalue weighted by molar-refractivity contribution is -0.125. The Morgan fingerprint density at radius 2 is 2.11 bits per heavy atom. The zero-order chi connectivity index (χ0) is 19.8. The first-order chi connectivity index (χ1) is 12.9. The maximum atomic E-state index is 12.2. The number of rotatable bonds is 8. The van der Waals surface area contributed by atoms with Crippen molar-refractivity contribution in [2.45, 2.75) is 38.2 Å². The molecule has 1 fully saturated rings. The summed E-state index contributed by atoms with van der Waals surface area (Å²) in [4.78, 5) is 35.9. The van der Waals surface area contributed by atoms with Gasteiger partial charge in [-0.15, -0.1) is 18.3 Å². The van der Waals surface area contributed by atoms with E-state index in [1.165, 1.54) is 11.8 Å². The van der Waals surface area contributed by atoms with Crippen molar-refractivity contribution < 1.29 is 14.4 Å². The molecule has 0 bridgehead atoms. The van der Waals surface area contributed by atoms with Gasteiger partial charge in [0.25, 0.3) is 0 Å². The van der Waals surface area contributed by atoms with E-state index in [-0.39, 0.29) is 42.4 Å². The zero-order valence-electron chi connectivity index (χ0n) is 15.6. The second-order valence-corrected chi connectivity index (χ2v) is 7.58. The van der Waals surface area contributed by atoms with E-state index >= 15 is 0 Å². The molecule has 0 saturated carbocycles. The molecule has 2 unspecified atom stereocenters. The van der Waals surface area contributed by atoms with E-state index in [9.17, 15) is 14.4 Å². The molecule has 0 spiro atoms. The highest BCUT2D eigenvalue weighted by Gasteiger charge is 2.27. The van der Waals surface area contributed by atoms with Crippen molar-refractivity contribution in [3.63, 3.8) is 0 Å². The largest absolute Gasteiger partial charge is 0.353 e. The highest BCUT2D eigenvalue weighted by atomic mass is 32.2. The molecule has 0 aliphatic carbocycles. The van der Waals surface area contributed by atoms with E-state index in [2.05, 4.69) is 27.8 Å². The van der Waals surface area contributed by atoms with E-state index in [1.54, 1.807) is 6.08 Å². The van der Waals surface area contributed by atoms with Gasteiger partial charge in [0.15, 0.2) is 0 Å². The van der Waals surface area contributed by atoms with E-state index in [0.29, 0.717) is 6.54 Å². The molecule has 1 aliphatic heterocycles. The number of hydrogen-bond donors (Lipinski definition) is 4. The number of carbonyl (C=O) groups excluding carboxylic acids is 3. The molecule has 0 aromatic heterocycles. The summed E-state index contributed by atoms with van der Waals surface area (Å²) in [7, 11) is 0. The van der Waals surface area contributed by atoms with E-state index in [4.69, 9.17) is 0 Å². The van der Waals surface area contributed by atoms with Crippen LogP contribution in [-0.2, 0) is 14.4 Å². The predicted molar refractivity (Wildman–Crippen MR) is 108 cm³/mol. The molecular formula is C19H26N4O3S. The highest BCUT2D eigenvalue weighted by molar-refractivity contribution is 8.00. The van der Waals surface area contributed by atoms with E-state index in [0.717, 1.165) is 16.8 Å². The highest BCUT2D eigenvalue weighted by Crippen LogP contribution is 2.18. The zero-order valence-corrected chi connectivity index (χ0v) is 16.4. The number of thioether (sulfide) groups is 1. The molecular weight excluding hydrogens is 364 g/mol. The van der Waals surface area contributed by atoms with Crippen molar-refractivity contribution >= 4 is 35.2 Å². The predicted octanol–water partition coefficient (Wildman–Crippen LogP) is 1.43. The van der Waals surface area contributed by atoms with Crippen molar-refractivity contribution in [1.82, 2.24) is 16.0 Å². The molecule has 1 aliphatic rings. The van der Waals surface area contributed by atoms with Crippen LogP contribution < -0.4 is 21.3 Å². The van der Waals surface area contributed by atoms with Gasteiger partial charge < -0.3 is 16.0 Å². The van der Waals surface area contributed by atoms with Gasteiger partial charge in [0.1, 0.15) is 5.50 Å². The number of nitrogens with one attached hydrogen (secondary N) is 4. The second kappa shape index (κ2) is 10.1. The van der Waals surface area contributed by atoms with Crippen LogP contribution in [0.4, 0.5) is 5.69 Å². The molecule has 27 heavy (non-hydrogen) atoms. The number of hydrogen-bond acceptors (Lipinski definition) is 5. The van der Waals surface area contributed by atoms with Gasteiger partial charge in [-0.2, -0.15) is 0 Å². The van der Waals surface area contributed by atoms with Crippen LogP contribution in [0.15, 0.2) is 30.9 Å². The van der Waals surface area contributed by atoms with Crippen LogP contribution >= 0.6 is 11.8 Å². The summed E-state index contributed by atoms with van der Waals surface area (Å²) in [6, 6.07) is 5.62. The standard InChI is InChI=1S/C19H26N4O3S/c1-4-7-20-16(24)9-14-10-17(25)23-19(21-14)27-11-18(26)22-15-8-12(2)5-6-13(15)3/h4-6,8,14,19,21H,1,7,9-11H2,2-3H3,(H,20,24)(H,22,26)(H,23,25). The van der Waals surface area contributed by atoms with Gasteiger partial charge in [0, 0.05) is 31.1 Å². The first-order valence-corrected chi connectivity index (χ1v) is 9.84. The first kappa shape index (κ1) is 21.0. The summed E-state index contributed by atoms with van der Waals surface area (Å²) in [5, 5.41) is 11.6. The fourth-order valence-electron chi connectivity index (χ4n) is 2.66. The van der Waals surface area contributed by atoms with Crippen LogP contribution in [0.25, 0.3) is 0 Å². The number of amides is 3. The summed E-state index contributed by atoms with van der Waals surface area (Å²) < 4.78 is 0. The van der Waals surface area contributed by atoms with Gasteiger partial charge in [-0.1, -0.05) is 18.2 Å². The molecule has 7 nitrogen and oxygen atoms in total. The fourth-order valence-corrected chi connectivity index (χ4v) is 3.56. The monoisotopic (exact) mass is 390 g/mol. The second-order valence-electron chi connectivity index (χ2n) is 6.49. The molecule has 0 radical (unpaired) electrons. The van der Waals surface area contributed by atoms with Gasteiger partial charge in [0.2, 0.25) is 17.7 Å². The Hall–Kier alpha value is -2.32. The number of carbonyl (C=O) groups is 3. The Bertz CT molecular complexity index is 723. The van der Waals surface area contributed by atoms with Gasteiger partial charge >= 0.3 is 0 Å². The topological polar surface area (TPSA) is 99.3 Å².